The number of esters is 2. The van der Waals surface area contributed by atoms with Crippen LogP contribution in [0.3, 0.4) is 0 Å². The highest BCUT2D eigenvalue weighted by Gasteiger charge is 2.52. The number of aliphatic hydroxyl groups is 4. The first kappa shape index (κ1) is 34.3. The summed E-state index contributed by atoms with van der Waals surface area (Å²) < 4.78 is 34.0. The van der Waals surface area contributed by atoms with Gasteiger partial charge in [-0.2, -0.15) is 0 Å². The van der Waals surface area contributed by atoms with Crippen LogP contribution in [0.25, 0.3) is 6.08 Å². The summed E-state index contributed by atoms with van der Waals surface area (Å²) in [7, 11) is 0. The Kier molecular flexibility index (Phi) is 11.9. The summed E-state index contributed by atoms with van der Waals surface area (Å²) in [6, 6.07) is 12.5. The SMILES string of the molecule is CC(=O)O[C@H]1[C@H](OCCc2ccc(O)cc2)O[C@H](COC(=O)/C=C/c2ccc(O)cc2)[C@@H](O)[C@@H]1O[C@@H]1O[C@@H](C)[C@H](O)[C@@H](O)[C@H]1O. The van der Waals surface area contributed by atoms with Crippen molar-refractivity contribution >= 4 is 18.0 Å². The van der Waals surface area contributed by atoms with Gasteiger partial charge in [-0.15, -0.1) is 0 Å². The fourth-order valence-electron chi connectivity index (χ4n) is 4.83. The van der Waals surface area contributed by atoms with E-state index in [1.165, 1.54) is 37.3 Å². The molecule has 2 aromatic rings. The van der Waals surface area contributed by atoms with Crippen molar-refractivity contribution in [1.82, 2.24) is 0 Å². The number of carbonyl (C=O) groups is 2. The summed E-state index contributed by atoms with van der Waals surface area (Å²) in [6.07, 6.45) is -11.5. The van der Waals surface area contributed by atoms with Crippen molar-refractivity contribution in [1.29, 1.82) is 0 Å². The van der Waals surface area contributed by atoms with E-state index in [9.17, 15) is 40.2 Å². The highest BCUT2D eigenvalue weighted by Crippen LogP contribution is 2.31. The lowest BCUT2D eigenvalue weighted by Crippen LogP contribution is -2.65. The van der Waals surface area contributed by atoms with Crippen LogP contribution >= 0.6 is 0 Å². The minimum Gasteiger partial charge on any atom is -0.508 e. The number of phenolic OH excluding ortho intramolecular Hbond substituents is 2. The van der Waals surface area contributed by atoms with Crippen molar-refractivity contribution in [2.24, 2.45) is 0 Å². The first-order valence-electron chi connectivity index (χ1n) is 14.3. The van der Waals surface area contributed by atoms with Gasteiger partial charge < -0.3 is 59.1 Å². The van der Waals surface area contributed by atoms with Crippen molar-refractivity contribution in [3.8, 4) is 11.5 Å². The van der Waals surface area contributed by atoms with E-state index in [2.05, 4.69) is 0 Å². The average molecular weight is 635 g/mol. The molecule has 2 heterocycles. The van der Waals surface area contributed by atoms with Crippen LogP contribution in [0.1, 0.15) is 25.0 Å². The monoisotopic (exact) mass is 634 g/mol. The predicted octanol–water partition coefficient (Wildman–Crippen LogP) is 0.144. The second-order valence-corrected chi connectivity index (χ2v) is 10.7. The molecule has 45 heavy (non-hydrogen) atoms. The lowest BCUT2D eigenvalue weighted by molar-refractivity contribution is -0.357. The molecule has 0 saturated carbocycles. The quantitative estimate of drug-likeness (QED) is 0.144. The molecular formula is C31H38O14. The van der Waals surface area contributed by atoms with Gasteiger partial charge in [0.25, 0.3) is 0 Å². The third kappa shape index (κ3) is 9.22. The molecule has 0 amide bonds. The number of phenols is 2. The van der Waals surface area contributed by atoms with Crippen LogP contribution < -0.4 is 0 Å². The summed E-state index contributed by atoms with van der Waals surface area (Å²) in [5.74, 6) is -1.39. The number of aromatic hydroxyl groups is 2. The van der Waals surface area contributed by atoms with Gasteiger partial charge in [-0.05, 0) is 54.8 Å². The molecule has 0 unspecified atom stereocenters. The maximum absolute atomic E-state index is 12.5. The van der Waals surface area contributed by atoms with E-state index in [4.69, 9.17) is 28.4 Å². The fraction of sp³-hybridized carbons (Fsp3) is 0.484. The standard InChI is InChI=1S/C31H38O14/c1-16-24(36)26(38)27(39)30(42-16)45-28-25(37)22(15-41-23(35)12-7-18-3-8-20(33)9-4-18)44-31(29(28)43-17(2)32)40-14-13-19-5-10-21(34)11-6-19/h3-12,16,22,24-31,33-34,36-39H,13-15H2,1-2H3/b12-7+/t16-,22+,24-,25+,26+,27+,28-,29+,30-,31+/m0/s1. The molecule has 14 heteroatoms. The van der Waals surface area contributed by atoms with Crippen LogP contribution in [0.15, 0.2) is 54.6 Å². The Labute approximate surface area is 258 Å². The van der Waals surface area contributed by atoms with E-state index in [0.717, 1.165) is 18.6 Å². The fourth-order valence-corrected chi connectivity index (χ4v) is 4.83. The maximum Gasteiger partial charge on any atom is 0.330 e. The summed E-state index contributed by atoms with van der Waals surface area (Å²) in [6.45, 7) is 2.11. The zero-order chi connectivity index (χ0) is 32.7. The molecule has 246 valence electrons. The van der Waals surface area contributed by atoms with Crippen LogP contribution in [0, 0.1) is 0 Å². The molecule has 2 fully saturated rings. The van der Waals surface area contributed by atoms with Crippen molar-refractivity contribution in [3.63, 3.8) is 0 Å². The normalized spacial score (nSPS) is 31.9. The van der Waals surface area contributed by atoms with Crippen molar-refractivity contribution in [2.45, 2.75) is 81.7 Å². The second-order valence-electron chi connectivity index (χ2n) is 10.7. The van der Waals surface area contributed by atoms with Crippen LogP contribution in [-0.2, 0) is 44.4 Å². The van der Waals surface area contributed by atoms with E-state index in [1.807, 2.05) is 0 Å². The molecule has 2 aliphatic heterocycles. The Balaban J connectivity index is 1.51. The van der Waals surface area contributed by atoms with E-state index in [-0.39, 0.29) is 18.1 Å². The highest BCUT2D eigenvalue weighted by molar-refractivity contribution is 5.87. The molecule has 0 bridgehead atoms. The van der Waals surface area contributed by atoms with Crippen LogP contribution in [0.2, 0.25) is 0 Å². The third-order valence-corrected chi connectivity index (χ3v) is 7.32. The van der Waals surface area contributed by atoms with Crippen LogP contribution in [-0.4, -0.2) is 117 Å². The summed E-state index contributed by atoms with van der Waals surface area (Å²) in [4.78, 5) is 24.6. The lowest BCUT2D eigenvalue weighted by atomic mass is 9.97. The highest BCUT2D eigenvalue weighted by atomic mass is 16.7. The van der Waals surface area contributed by atoms with E-state index in [1.54, 1.807) is 24.3 Å². The number of carbonyl (C=O) groups excluding carboxylic acids is 2. The summed E-state index contributed by atoms with van der Waals surface area (Å²) in [5, 5.41) is 61.2. The van der Waals surface area contributed by atoms with Crippen molar-refractivity contribution < 1.29 is 68.6 Å². The smallest absolute Gasteiger partial charge is 0.330 e. The summed E-state index contributed by atoms with van der Waals surface area (Å²) >= 11 is 0. The molecule has 0 spiro atoms. The maximum atomic E-state index is 12.5. The largest absolute Gasteiger partial charge is 0.508 e. The Bertz CT molecular complexity index is 1280. The Morgan fingerprint density at radius 3 is 2.11 bits per heavy atom. The molecule has 2 aliphatic rings. The molecule has 10 atom stereocenters. The zero-order valence-electron chi connectivity index (χ0n) is 24.6. The number of aliphatic hydroxyl groups excluding tert-OH is 4. The average Bonchev–Trinajstić information content (AvgIpc) is 3.01. The van der Waals surface area contributed by atoms with Gasteiger partial charge in [-0.25, -0.2) is 4.79 Å². The van der Waals surface area contributed by atoms with E-state index >= 15 is 0 Å². The Hall–Kier alpha value is -3.60. The molecule has 4 rings (SSSR count). The van der Waals surface area contributed by atoms with Gasteiger partial charge in [-0.1, -0.05) is 24.3 Å². The predicted molar refractivity (Wildman–Crippen MR) is 153 cm³/mol. The zero-order valence-corrected chi connectivity index (χ0v) is 24.6. The van der Waals surface area contributed by atoms with Gasteiger partial charge in [0.2, 0.25) is 0 Å². The summed E-state index contributed by atoms with van der Waals surface area (Å²) in [5.41, 5.74) is 1.43. The van der Waals surface area contributed by atoms with Gasteiger partial charge >= 0.3 is 11.9 Å². The first-order valence-corrected chi connectivity index (χ1v) is 14.3. The lowest BCUT2D eigenvalue weighted by Gasteiger charge is -2.46. The van der Waals surface area contributed by atoms with Gasteiger partial charge in [0.15, 0.2) is 18.7 Å². The first-order chi connectivity index (χ1) is 21.4. The van der Waals surface area contributed by atoms with Gasteiger partial charge in [0.1, 0.15) is 54.7 Å². The number of benzene rings is 2. The third-order valence-electron chi connectivity index (χ3n) is 7.32. The molecular weight excluding hydrogens is 596 g/mol. The number of rotatable bonds is 11. The molecule has 0 aliphatic carbocycles. The van der Waals surface area contributed by atoms with Gasteiger partial charge in [-0.3, -0.25) is 4.79 Å². The number of ether oxygens (including phenoxy) is 6. The van der Waals surface area contributed by atoms with Gasteiger partial charge in [0, 0.05) is 13.0 Å². The molecule has 14 nitrogen and oxygen atoms in total. The van der Waals surface area contributed by atoms with Crippen molar-refractivity contribution in [2.75, 3.05) is 13.2 Å². The topological polar surface area (TPSA) is 211 Å². The minimum absolute atomic E-state index is 0.0302. The number of hydrogen-bond donors (Lipinski definition) is 6. The van der Waals surface area contributed by atoms with E-state index in [0.29, 0.717) is 12.0 Å². The molecule has 6 N–H and O–H groups in total. The molecule has 2 aromatic carbocycles. The minimum atomic E-state index is -1.74. The van der Waals surface area contributed by atoms with E-state index < -0.39 is 80.0 Å². The van der Waals surface area contributed by atoms with Crippen LogP contribution in [0.5, 0.6) is 11.5 Å². The van der Waals surface area contributed by atoms with Crippen molar-refractivity contribution in [3.05, 3.63) is 65.7 Å². The van der Waals surface area contributed by atoms with Crippen LogP contribution in [0.4, 0.5) is 0 Å². The second kappa shape index (κ2) is 15.6. The molecule has 0 radical (unpaired) electrons. The Morgan fingerprint density at radius 1 is 0.822 bits per heavy atom. The molecule has 0 aromatic heterocycles. The number of hydrogen-bond acceptors (Lipinski definition) is 14. The Morgan fingerprint density at radius 2 is 1.47 bits per heavy atom. The molecule has 2 saturated heterocycles. The van der Waals surface area contributed by atoms with Gasteiger partial charge in [0.05, 0.1) is 12.7 Å².